The predicted octanol–water partition coefficient (Wildman–Crippen LogP) is 3.13. The average molecular weight is 229 g/mol. The molecule has 16 heavy (non-hydrogen) atoms. The Balaban J connectivity index is 1.90. The lowest BCUT2D eigenvalue weighted by molar-refractivity contribution is -0.114. The van der Waals surface area contributed by atoms with Gasteiger partial charge in [-0.25, -0.2) is 4.98 Å². The summed E-state index contributed by atoms with van der Waals surface area (Å²) in [4.78, 5) is 15.7. The topological polar surface area (TPSA) is 30.0 Å². The summed E-state index contributed by atoms with van der Waals surface area (Å²) in [6, 6.07) is 8.15. The van der Waals surface area contributed by atoms with E-state index in [1.54, 1.807) is 17.4 Å². The summed E-state index contributed by atoms with van der Waals surface area (Å²) in [6.07, 6.45) is 4.21. The molecule has 1 aliphatic rings. The molecule has 1 aromatic heterocycles. The summed E-state index contributed by atoms with van der Waals surface area (Å²) in [6.45, 7) is 0. The molecule has 3 rings (SSSR count). The Bertz CT molecular complexity index is 549. The van der Waals surface area contributed by atoms with Crippen molar-refractivity contribution in [1.29, 1.82) is 0 Å². The highest BCUT2D eigenvalue weighted by molar-refractivity contribution is 7.18. The Labute approximate surface area is 97.6 Å². The van der Waals surface area contributed by atoms with Gasteiger partial charge in [-0.3, -0.25) is 4.79 Å². The van der Waals surface area contributed by atoms with Crippen LogP contribution in [0.1, 0.15) is 17.8 Å². The number of benzene rings is 1. The van der Waals surface area contributed by atoms with Crippen LogP contribution in [-0.2, 0) is 11.2 Å². The Kier molecular flexibility index (Phi) is 2.33. The minimum Gasteiger partial charge on any atom is -0.295 e. The van der Waals surface area contributed by atoms with Crippen molar-refractivity contribution in [3.63, 3.8) is 0 Å². The molecule has 2 aromatic rings. The molecule has 0 unspecified atom stereocenters. The number of allylic oxidation sites excluding steroid dienone is 2. The van der Waals surface area contributed by atoms with Crippen molar-refractivity contribution in [3.8, 4) is 0 Å². The van der Waals surface area contributed by atoms with E-state index in [0.717, 1.165) is 23.4 Å². The monoisotopic (exact) mass is 229 g/mol. The van der Waals surface area contributed by atoms with Gasteiger partial charge >= 0.3 is 0 Å². The normalized spacial score (nSPS) is 15.8. The zero-order chi connectivity index (χ0) is 11.0. The molecule has 1 aromatic carbocycles. The lowest BCUT2D eigenvalue weighted by atomic mass is 10.2. The van der Waals surface area contributed by atoms with Crippen molar-refractivity contribution in [1.82, 2.24) is 4.98 Å². The summed E-state index contributed by atoms with van der Waals surface area (Å²) in [7, 11) is 0. The molecule has 1 aliphatic carbocycles. The third-order valence-corrected chi connectivity index (χ3v) is 3.81. The van der Waals surface area contributed by atoms with Gasteiger partial charge in [-0.2, -0.15) is 0 Å². The maximum Gasteiger partial charge on any atom is 0.155 e. The third-order valence-electron chi connectivity index (χ3n) is 2.77. The third kappa shape index (κ3) is 1.78. The van der Waals surface area contributed by atoms with E-state index >= 15 is 0 Å². The van der Waals surface area contributed by atoms with Gasteiger partial charge in [0.2, 0.25) is 0 Å². The molecule has 0 fully saturated rings. The standard InChI is InChI=1S/C13H11NOS/c15-10-6-5-9(7-10)8-13-14-11-3-1-2-4-12(11)16-13/h1-4,7H,5-6,8H2. The fourth-order valence-corrected chi connectivity index (χ4v) is 3.01. The van der Waals surface area contributed by atoms with Gasteiger partial charge in [0.15, 0.2) is 5.78 Å². The van der Waals surface area contributed by atoms with Crippen LogP contribution in [0.2, 0.25) is 0 Å². The molecule has 0 radical (unpaired) electrons. The molecular formula is C13H11NOS. The van der Waals surface area contributed by atoms with E-state index in [9.17, 15) is 4.79 Å². The van der Waals surface area contributed by atoms with Crippen molar-refractivity contribution in [2.75, 3.05) is 0 Å². The lowest BCUT2D eigenvalue weighted by Crippen LogP contribution is -1.85. The first-order valence-electron chi connectivity index (χ1n) is 5.38. The number of aromatic nitrogens is 1. The van der Waals surface area contributed by atoms with Crippen molar-refractivity contribution in [3.05, 3.63) is 40.9 Å². The molecule has 0 amide bonds. The Morgan fingerprint density at radius 3 is 2.88 bits per heavy atom. The minimum absolute atomic E-state index is 0.260. The van der Waals surface area contributed by atoms with Crippen molar-refractivity contribution in [2.45, 2.75) is 19.3 Å². The van der Waals surface area contributed by atoms with Gasteiger partial charge in [0, 0.05) is 12.8 Å². The number of fused-ring (bicyclic) bond motifs is 1. The van der Waals surface area contributed by atoms with E-state index in [1.807, 2.05) is 18.2 Å². The quantitative estimate of drug-likeness (QED) is 0.792. The summed E-state index contributed by atoms with van der Waals surface area (Å²) >= 11 is 1.72. The molecular weight excluding hydrogens is 218 g/mol. The summed E-state index contributed by atoms with van der Waals surface area (Å²) in [5.41, 5.74) is 2.29. The van der Waals surface area contributed by atoms with E-state index in [0.29, 0.717) is 6.42 Å². The number of carbonyl (C=O) groups excluding carboxylic acids is 1. The molecule has 0 bridgehead atoms. The van der Waals surface area contributed by atoms with E-state index in [1.165, 1.54) is 10.3 Å². The molecule has 0 spiro atoms. The van der Waals surface area contributed by atoms with Gasteiger partial charge in [-0.1, -0.05) is 17.7 Å². The predicted molar refractivity (Wildman–Crippen MR) is 65.6 cm³/mol. The van der Waals surface area contributed by atoms with Crippen LogP contribution in [0.25, 0.3) is 10.2 Å². The fourth-order valence-electron chi connectivity index (χ4n) is 1.98. The first-order chi connectivity index (χ1) is 7.81. The van der Waals surface area contributed by atoms with Gasteiger partial charge in [0.05, 0.1) is 15.2 Å². The first-order valence-corrected chi connectivity index (χ1v) is 6.19. The average Bonchev–Trinajstić information content (AvgIpc) is 2.84. The van der Waals surface area contributed by atoms with E-state index in [-0.39, 0.29) is 5.78 Å². The number of ketones is 1. The number of nitrogens with zero attached hydrogens (tertiary/aromatic N) is 1. The maximum absolute atomic E-state index is 11.1. The molecule has 0 N–H and O–H groups in total. The van der Waals surface area contributed by atoms with Crippen LogP contribution in [0.5, 0.6) is 0 Å². The Morgan fingerprint density at radius 2 is 2.12 bits per heavy atom. The maximum atomic E-state index is 11.1. The first kappa shape index (κ1) is 9.73. The highest BCUT2D eigenvalue weighted by Crippen LogP contribution is 2.26. The van der Waals surface area contributed by atoms with Crippen LogP contribution < -0.4 is 0 Å². The second kappa shape index (κ2) is 3.83. The van der Waals surface area contributed by atoms with Crippen LogP contribution in [0.15, 0.2) is 35.9 Å². The van der Waals surface area contributed by atoms with Gasteiger partial charge < -0.3 is 0 Å². The molecule has 3 heteroatoms. The highest BCUT2D eigenvalue weighted by Gasteiger charge is 2.13. The van der Waals surface area contributed by atoms with Gasteiger partial charge in [-0.15, -0.1) is 11.3 Å². The summed E-state index contributed by atoms with van der Waals surface area (Å²) in [5, 5.41) is 1.11. The van der Waals surface area contributed by atoms with E-state index in [2.05, 4.69) is 11.1 Å². The number of hydrogen-bond donors (Lipinski definition) is 0. The van der Waals surface area contributed by atoms with Crippen molar-refractivity contribution < 1.29 is 4.79 Å². The van der Waals surface area contributed by atoms with Gasteiger partial charge in [-0.05, 0) is 24.6 Å². The Hall–Kier alpha value is -1.48. The van der Waals surface area contributed by atoms with Crippen LogP contribution in [-0.4, -0.2) is 10.8 Å². The molecule has 0 atom stereocenters. The number of carbonyl (C=O) groups is 1. The Morgan fingerprint density at radius 1 is 1.25 bits per heavy atom. The van der Waals surface area contributed by atoms with Crippen molar-refractivity contribution >= 4 is 27.3 Å². The second-order valence-corrected chi connectivity index (χ2v) is 5.14. The van der Waals surface area contributed by atoms with Gasteiger partial charge in [0.25, 0.3) is 0 Å². The summed E-state index contributed by atoms with van der Waals surface area (Å²) < 4.78 is 1.22. The molecule has 0 saturated heterocycles. The zero-order valence-electron chi connectivity index (χ0n) is 8.77. The molecule has 0 saturated carbocycles. The number of thiazole rings is 1. The van der Waals surface area contributed by atoms with Crippen LogP contribution in [0.3, 0.4) is 0 Å². The van der Waals surface area contributed by atoms with Crippen LogP contribution in [0, 0.1) is 0 Å². The fraction of sp³-hybridized carbons (Fsp3) is 0.231. The SMILES string of the molecule is O=C1C=C(Cc2nc3ccccc3s2)CC1. The van der Waals surface area contributed by atoms with Crippen LogP contribution in [0.4, 0.5) is 0 Å². The highest BCUT2D eigenvalue weighted by atomic mass is 32.1. The second-order valence-electron chi connectivity index (χ2n) is 4.02. The van der Waals surface area contributed by atoms with E-state index in [4.69, 9.17) is 0 Å². The summed E-state index contributed by atoms with van der Waals surface area (Å²) in [5.74, 6) is 0.260. The zero-order valence-corrected chi connectivity index (χ0v) is 9.59. The number of hydrogen-bond acceptors (Lipinski definition) is 3. The molecule has 1 heterocycles. The van der Waals surface area contributed by atoms with Crippen LogP contribution >= 0.6 is 11.3 Å². The number of para-hydroxylation sites is 1. The largest absolute Gasteiger partial charge is 0.295 e. The lowest BCUT2D eigenvalue weighted by Gasteiger charge is -1.94. The molecule has 0 aliphatic heterocycles. The molecule has 80 valence electrons. The van der Waals surface area contributed by atoms with Gasteiger partial charge in [0.1, 0.15) is 0 Å². The minimum atomic E-state index is 0.260. The smallest absolute Gasteiger partial charge is 0.155 e. The van der Waals surface area contributed by atoms with E-state index < -0.39 is 0 Å². The van der Waals surface area contributed by atoms with Crippen molar-refractivity contribution in [2.24, 2.45) is 0 Å². The molecule has 2 nitrogen and oxygen atoms in total. The number of rotatable bonds is 2.